The number of halogens is 1. The third kappa shape index (κ3) is 7.74. The molecule has 1 aliphatic carbocycles. The lowest BCUT2D eigenvalue weighted by Crippen LogP contribution is -2.48. The monoisotopic (exact) mass is 834 g/mol. The number of aromatic nitrogens is 5. The van der Waals surface area contributed by atoms with E-state index < -0.39 is 23.9 Å². The maximum absolute atomic E-state index is 14.2. The standard InChI is InChI=1S/C44H47FN8O6S/c1-22(2)39(44(57)53-18-29(54)16-35(53)43(56)47-23(3)25-5-7-26(8-6-25)41-24(4)46-21-60-41)37-17-38(51-59-37)58-12-11-52-19-31-32(20-52)40(31)34-14-27-13-33(49-50-42(27)48-34)30-15-28(45)9-10-36(30)55/h5-10,13-15,17,21-23,29,31-32,35,39-40,54-55H,11-12,16,18-20H2,1-4H3,(H,47,56)(H,48,50)/t23-,29+,31-,32+,35-,39+,40+/m0/s1. The highest BCUT2D eigenvalue weighted by Crippen LogP contribution is 2.58. The van der Waals surface area contributed by atoms with Crippen molar-refractivity contribution in [2.24, 2.45) is 17.8 Å². The van der Waals surface area contributed by atoms with E-state index in [0.29, 0.717) is 53.6 Å². The van der Waals surface area contributed by atoms with E-state index in [0.717, 1.165) is 45.9 Å². The summed E-state index contributed by atoms with van der Waals surface area (Å²) < 4.78 is 25.5. The van der Waals surface area contributed by atoms with Crippen molar-refractivity contribution in [1.29, 1.82) is 0 Å². The summed E-state index contributed by atoms with van der Waals surface area (Å²) in [6.45, 7) is 10.7. The number of carbonyl (C=O) groups excluding carboxylic acids is 2. The van der Waals surface area contributed by atoms with Gasteiger partial charge in [-0.1, -0.05) is 38.1 Å². The Balaban J connectivity index is 0.772. The number of thiazole rings is 1. The SMILES string of the molecule is Cc1ncsc1-c1ccc([C@H](C)NC(=O)[C@@H]2C[C@@H](O)CN2C(=O)[C@@H](c2cc(OCCN3C[C@@H]4[C@H](C3)[C@H]4c3cc4cc(-c5cc(F)ccc5O)nnc4[nH]3)no2)C(C)C)cc1. The molecule has 0 unspecified atom stereocenters. The van der Waals surface area contributed by atoms with E-state index >= 15 is 0 Å². The number of aromatic amines is 1. The number of aliphatic hydroxyl groups is 1. The first kappa shape index (κ1) is 39.7. The van der Waals surface area contributed by atoms with Crippen molar-refractivity contribution >= 4 is 34.2 Å². The van der Waals surface area contributed by atoms with Gasteiger partial charge in [0.15, 0.2) is 11.4 Å². The first-order valence-electron chi connectivity index (χ1n) is 20.4. The van der Waals surface area contributed by atoms with Crippen molar-refractivity contribution in [3.63, 3.8) is 0 Å². The number of phenols is 1. The zero-order valence-electron chi connectivity index (χ0n) is 33.7. The molecule has 7 atom stereocenters. The molecule has 1 saturated carbocycles. The third-order valence-electron chi connectivity index (χ3n) is 12.3. The molecule has 0 radical (unpaired) electrons. The molecule has 2 amide bonds. The van der Waals surface area contributed by atoms with E-state index in [1.54, 1.807) is 17.4 Å². The van der Waals surface area contributed by atoms with Crippen LogP contribution in [0, 0.1) is 30.5 Å². The van der Waals surface area contributed by atoms with Crippen LogP contribution in [0.2, 0.25) is 0 Å². The molecule has 6 aromatic rings. The van der Waals surface area contributed by atoms with Gasteiger partial charge in [0.2, 0.25) is 11.8 Å². The van der Waals surface area contributed by atoms with Gasteiger partial charge in [-0.2, -0.15) is 0 Å². The smallest absolute Gasteiger partial charge is 0.254 e. The van der Waals surface area contributed by atoms with Crippen molar-refractivity contribution < 1.29 is 33.5 Å². The van der Waals surface area contributed by atoms with Gasteiger partial charge in [0.1, 0.15) is 30.1 Å². The number of hydrogen-bond acceptors (Lipinski definition) is 12. The summed E-state index contributed by atoms with van der Waals surface area (Å²) in [5.74, 6) is -0.0286. The van der Waals surface area contributed by atoms with Gasteiger partial charge in [-0.15, -0.1) is 21.5 Å². The lowest BCUT2D eigenvalue weighted by molar-refractivity contribution is -0.141. The Bertz CT molecular complexity index is 2530. The normalized spacial score (nSPS) is 22.3. The quantitative estimate of drug-likeness (QED) is 0.104. The van der Waals surface area contributed by atoms with E-state index in [1.807, 2.05) is 63.5 Å². The molecule has 0 bridgehead atoms. The van der Waals surface area contributed by atoms with Crippen molar-refractivity contribution in [2.45, 2.75) is 64.1 Å². The van der Waals surface area contributed by atoms with E-state index in [1.165, 1.54) is 23.1 Å². The lowest BCUT2D eigenvalue weighted by Gasteiger charge is -2.29. The van der Waals surface area contributed by atoms with Crippen LogP contribution in [0.5, 0.6) is 11.6 Å². The molecule has 4 N–H and O–H groups in total. The van der Waals surface area contributed by atoms with Crippen molar-refractivity contribution in [2.75, 3.05) is 32.8 Å². The molecular formula is C44H47FN8O6S. The van der Waals surface area contributed by atoms with Gasteiger partial charge in [-0.05, 0) is 78.2 Å². The molecule has 16 heteroatoms. The number of nitrogens with zero attached hydrogens (tertiary/aromatic N) is 6. The number of piperidine rings is 1. The molecule has 9 rings (SSSR count). The predicted molar refractivity (Wildman–Crippen MR) is 222 cm³/mol. The highest BCUT2D eigenvalue weighted by molar-refractivity contribution is 7.13. The maximum Gasteiger partial charge on any atom is 0.254 e. The van der Waals surface area contributed by atoms with Crippen LogP contribution in [-0.2, 0) is 9.59 Å². The van der Waals surface area contributed by atoms with E-state index in [9.17, 15) is 24.2 Å². The lowest BCUT2D eigenvalue weighted by atomic mass is 9.91. The van der Waals surface area contributed by atoms with Crippen LogP contribution in [0.4, 0.5) is 4.39 Å². The zero-order chi connectivity index (χ0) is 41.8. The number of benzene rings is 2. The van der Waals surface area contributed by atoms with Crippen molar-refractivity contribution in [3.05, 3.63) is 94.7 Å². The number of β-amino-alcohol motifs (C(OH)–C–C–N with tert-alkyl or cyclic N) is 1. The largest absolute Gasteiger partial charge is 0.507 e. The molecule has 312 valence electrons. The van der Waals surface area contributed by atoms with E-state index in [4.69, 9.17) is 9.26 Å². The Morgan fingerprint density at radius 2 is 1.83 bits per heavy atom. The van der Waals surface area contributed by atoms with E-state index in [2.05, 4.69) is 41.6 Å². The second-order valence-corrected chi connectivity index (χ2v) is 17.5. The molecule has 6 heterocycles. The summed E-state index contributed by atoms with van der Waals surface area (Å²) in [6, 6.07) is 16.2. The molecule has 14 nitrogen and oxygen atoms in total. The maximum atomic E-state index is 14.2. The molecule has 2 saturated heterocycles. The number of rotatable bonds is 13. The number of phenolic OH excluding ortho intramolecular Hbond substituents is 1. The fourth-order valence-electron chi connectivity index (χ4n) is 9.12. The second kappa shape index (κ2) is 16.0. The van der Waals surface area contributed by atoms with Crippen molar-refractivity contribution in [3.8, 4) is 33.3 Å². The number of H-pyrrole nitrogens is 1. The zero-order valence-corrected chi connectivity index (χ0v) is 34.5. The highest BCUT2D eigenvalue weighted by Gasteiger charge is 2.56. The number of likely N-dealkylation sites (tertiary alicyclic amines) is 2. The van der Waals surface area contributed by atoms with Gasteiger partial charge in [0.05, 0.1) is 33.9 Å². The topological polar surface area (TPSA) is 183 Å². The number of aryl methyl sites for hydroxylation is 1. The van der Waals surface area contributed by atoms with Crippen LogP contribution in [-0.4, -0.2) is 102 Å². The summed E-state index contributed by atoms with van der Waals surface area (Å²) in [5.41, 5.74) is 7.25. The number of carbonyl (C=O) groups is 2. The Morgan fingerprint density at radius 3 is 2.57 bits per heavy atom. The molecule has 0 spiro atoms. The number of amides is 2. The fraction of sp³-hybridized carbons (Fsp3) is 0.409. The Kier molecular flexibility index (Phi) is 10.6. The average Bonchev–Trinajstić information content (AvgIpc) is 3.92. The Labute approximate surface area is 349 Å². The number of aliphatic hydroxyl groups excluding tert-OH is 1. The molecule has 3 fully saturated rings. The highest BCUT2D eigenvalue weighted by atomic mass is 32.1. The minimum absolute atomic E-state index is 0.0465. The van der Waals surface area contributed by atoms with Gasteiger partial charge in [0.25, 0.3) is 5.88 Å². The number of ether oxygens (including phenoxy) is 1. The fourth-order valence-corrected chi connectivity index (χ4v) is 9.93. The molecule has 2 aliphatic heterocycles. The van der Waals surface area contributed by atoms with Crippen LogP contribution in [0.15, 0.2) is 70.7 Å². The summed E-state index contributed by atoms with van der Waals surface area (Å²) in [6.07, 6.45) is -0.686. The second-order valence-electron chi connectivity index (χ2n) is 16.7. The number of nitrogens with one attached hydrogen (secondary N) is 2. The first-order valence-corrected chi connectivity index (χ1v) is 21.3. The number of aromatic hydroxyl groups is 1. The summed E-state index contributed by atoms with van der Waals surface area (Å²) >= 11 is 1.59. The minimum Gasteiger partial charge on any atom is -0.507 e. The minimum atomic E-state index is -0.833. The van der Waals surface area contributed by atoms with Crippen LogP contribution in [0.1, 0.15) is 67.8 Å². The first-order chi connectivity index (χ1) is 28.9. The average molecular weight is 835 g/mol. The van der Waals surface area contributed by atoms with Crippen LogP contribution >= 0.6 is 11.3 Å². The Morgan fingerprint density at radius 1 is 1.05 bits per heavy atom. The molecule has 60 heavy (non-hydrogen) atoms. The van der Waals surface area contributed by atoms with Crippen LogP contribution in [0.3, 0.4) is 0 Å². The van der Waals surface area contributed by atoms with E-state index in [-0.39, 0.29) is 48.4 Å². The summed E-state index contributed by atoms with van der Waals surface area (Å²) in [4.78, 5) is 40.5. The Hall–Kier alpha value is -5.71. The van der Waals surface area contributed by atoms with Gasteiger partial charge in [0, 0.05) is 61.2 Å². The molecular weight excluding hydrogens is 788 g/mol. The van der Waals surface area contributed by atoms with Gasteiger partial charge < -0.3 is 34.7 Å². The van der Waals surface area contributed by atoms with Crippen molar-refractivity contribution in [1.82, 2.24) is 40.4 Å². The molecule has 4 aromatic heterocycles. The van der Waals surface area contributed by atoms with Crippen LogP contribution < -0.4 is 10.1 Å². The molecule has 2 aromatic carbocycles. The predicted octanol–water partition coefficient (Wildman–Crippen LogP) is 6.19. The van der Waals surface area contributed by atoms with Crippen LogP contribution in [0.25, 0.3) is 32.7 Å². The number of fused-ring (bicyclic) bond motifs is 2. The summed E-state index contributed by atoms with van der Waals surface area (Å²) in [7, 11) is 0. The van der Waals surface area contributed by atoms with Gasteiger partial charge in [-0.25, -0.2) is 9.37 Å². The molecule has 3 aliphatic rings. The summed E-state index contributed by atoms with van der Waals surface area (Å²) in [5, 5.41) is 37.5. The van der Waals surface area contributed by atoms with Gasteiger partial charge in [-0.3, -0.25) is 14.5 Å². The number of hydrogen-bond donors (Lipinski definition) is 4. The van der Waals surface area contributed by atoms with Gasteiger partial charge >= 0.3 is 0 Å². The third-order valence-corrected chi connectivity index (χ3v) is 13.3.